The van der Waals surface area contributed by atoms with Crippen LogP contribution in [0.2, 0.25) is 0 Å². The highest BCUT2D eigenvalue weighted by molar-refractivity contribution is 5.77. The van der Waals surface area contributed by atoms with Crippen LogP contribution in [0.25, 0.3) is 0 Å². The topological polar surface area (TPSA) is 68.2 Å². The first-order valence-electron chi connectivity index (χ1n) is 7.03. The highest BCUT2D eigenvalue weighted by Crippen LogP contribution is 2.37. The van der Waals surface area contributed by atoms with Crippen molar-refractivity contribution in [3.8, 4) is 11.5 Å². The van der Waals surface area contributed by atoms with Crippen molar-refractivity contribution in [2.45, 2.75) is 18.4 Å². The molecular weight excluding hydrogens is 274 g/mol. The SMILES string of the molecule is COCC(=O)N1CC[C@@H](c2ccc3c(c2)OCO3)[C@H](O)C1. The zero-order chi connectivity index (χ0) is 14.8. The number of hydrogen-bond acceptors (Lipinski definition) is 5. The van der Waals surface area contributed by atoms with E-state index in [0.717, 1.165) is 23.5 Å². The maximum atomic E-state index is 11.8. The molecule has 2 atom stereocenters. The summed E-state index contributed by atoms with van der Waals surface area (Å²) in [5, 5.41) is 10.4. The molecule has 0 unspecified atom stereocenters. The number of nitrogens with zero attached hydrogens (tertiary/aromatic N) is 1. The number of hydrogen-bond donors (Lipinski definition) is 1. The van der Waals surface area contributed by atoms with E-state index in [2.05, 4.69) is 0 Å². The summed E-state index contributed by atoms with van der Waals surface area (Å²) in [6.07, 6.45) is 0.135. The number of β-amino-alcohol motifs (C(OH)–C–C–N with tert-alkyl or cyclic N) is 1. The lowest BCUT2D eigenvalue weighted by Crippen LogP contribution is -2.46. The third-order valence-electron chi connectivity index (χ3n) is 4.03. The number of likely N-dealkylation sites (tertiary alicyclic amines) is 1. The number of rotatable bonds is 3. The summed E-state index contributed by atoms with van der Waals surface area (Å²) in [6.45, 7) is 1.26. The van der Waals surface area contributed by atoms with Crippen molar-refractivity contribution in [1.29, 1.82) is 0 Å². The van der Waals surface area contributed by atoms with E-state index in [4.69, 9.17) is 14.2 Å². The number of piperidine rings is 1. The second-order valence-corrected chi connectivity index (χ2v) is 5.35. The molecule has 1 fully saturated rings. The molecule has 114 valence electrons. The molecule has 0 spiro atoms. The number of ether oxygens (including phenoxy) is 3. The van der Waals surface area contributed by atoms with E-state index in [1.165, 1.54) is 7.11 Å². The number of carbonyl (C=O) groups is 1. The van der Waals surface area contributed by atoms with E-state index in [1.54, 1.807) is 4.90 Å². The second kappa shape index (κ2) is 5.91. The molecule has 1 aromatic carbocycles. The average Bonchev–Trinajstić information content (AvgIpc) is 2.94. The lowest BCUT2D eigenvalue weighted by Gasteiger charge is -2.36. The monoisotopic (exact) mass is 293 g/mol. The first kappa shape index (κ1) is 14.2. The van der Waals surface area contributed by atoms with Gasteiger partial charge in [0, 0.05) is 26.1 Å². The molecule has 1 amide bonds. The number of carbonyl (C=O) groups excluding carboxylic acids is 1. The van der Waals surface area contributed by atoms with Gasteiger partial charge in [0.1, 0.15) is 6.61 Å². The van der Waals surface area contributed by atoms with E-state index >= 15 is 0 Å². The van der Waals surface area contributed by atoms with Gasteiger partial charge in [-0.05, 0) is 24.1 Å². The Hall–Kier alpha value is -1.79. The van der Waals surface area contributed by atoms with Gasteiger partial charge in [0.15, 0.2) is 11.5 Å². The van der Waals surface area contributed by atoms with E-state index in [9.17, 15) is 9.90 Å². The van der Waals surface area contributed by atoms with Crippen LogP contribution in [0.1, 0.15) is 17.9 Å². The number of amides is 1. The molecule has 0 radical (unpaired) electrons. The number of methoxy groups -OCH3 is 1. The predicted octanol–water partition coefficient (Wildman–Crippen LogP) is 0.739. The smallest absolute Gasteiger partial charge is 0.248 e. The normalized spacial score (nSPS) is 24.2. The zero-order valence-electron chi connectivity index (χ0n) is 11.9. The molecule has 0 aliphatic carbocycles. The maximum Gasteiger partial charge on any atom is 0.248 e. The second-order valence-electron chi connectivity index (χ2n) is 5.35. The molecule has 6 nitrogen and oxygen atoms in total. The fourth-order valence-electron chi connectivity index (χ4n) is 2.91. The molecule has 2 aliphatic heterocycles. The standard InChI is InChI=1S/C15H19NO5/c1-19-8-15(18)16-5-4-11(12(17)7-16)10-2-3-13-14(6-10)21-9-20-13/h2-3,6,11-12,17H,4-5,7-9H2,1H3/t11-,12+/m0/s1. The minimum Gasteiger partial charge on any atom is -0.454 e. The Balaban J connectivity index is 1.69. The van der Waals surface area contributed by atoms with Crippen LogP contribution in [-0.2, 0) is 9.53 Å². The number of aliphatic hydroxyl groups is 1. The van der Waals surface area contributed by atoms with Crippen molar-refractivity contribution >= 4 is 5.91 Å². The van der Waals surface area contributed by atoms with Gasteiger partial charge in [-0.2, -0.15) is 0 Å². The minimum atomic E-state index is -0.583. The van der Waals surface area contributed by atoms with Crippen molar-refractivity contribution in [3.63, 3.8) is 0 Å². The first-order chi connectivity index (χ1) is 10.2. The Morgan fingerprint density at radius 3 is 3.00 bits per heavy atom. The predicted molar refractivity (Wildman–Crippen MR) is 74.4 cm³/mol. The maximum absolute atomic E-state index is 11.8. The van der Waals surface area contributed by atoms with Gasteiger partial charge in [0.2, 0.25) is 12.7 Å². The van der Waals surface area contributed by atoms with Gasteiger partial charge in [-0.15, -0.1) is 0 Å². The van der Waals surface area contributed by atoms with Crippen LogP contribution in [0.5, 0.6) is 11.5 Å². The van der Waals surface area contributed by atoms with Crippen LogP contribution < -0.4 is 9.47 Å². The summed E-state index contributed by atoms with van der Waals surface area (Å²) in [6, 6.07) is 5.74. The Kier molecular flexibility index (Phi) is 3.98. The average molecular weight is 293 g/mol. The summed E-state index contributed by atoms with van der Waals surface area (Å²) in [4.78, 5) is 13.4. The molecular formula is C15H19NO5. The summed E-state index contributed by atoms with van der Waals surface area (Å²) in [7, 11) is 1.49. The highest BCUT2D eigenvalue weighted by Gasteiger charge is 2.31. The van der Waals surface area contributed by atoms with Gasteiger partial charge < -0.3 is 24.2 Å². The quantitative estimate of drug-likeness (QED) is 0.890. The first-order valence-corrected chi connectivity index (χ1v) is 7.03. The zero-order valence-corrected chi connectivity index (χ0v) is 11.9. The van der Waals surface area contributed by atoms with E-state index in [1.807, 2.05) is 18.2 Å². The fourth-order valence-corrected chi connectivity index (χ4v) is 2.91. The van der Waals surface area contributed by atoms with Crippen LogP contribution in [0.4, 0.5) is 0 Å². The van der Waals surface area contributed by atoms with Crippen LogP contribution in [0.3, 0.4) is 0 Å². The van der Waals surface area contributed by atoms with Gasteiger partial charge in [-0.1, -0.05) is 6.07 Å². The van der Waals surface area contributed by atoms with Gasteiger partial charge >= 0.3 is 0 Å². The molecule has 1 aromatic rings. The van der Waals surface area contributed by atoms with Crippen LogP contribution in [-0.4, -0.2) is 55.6 Å². The Bertz CT molecular complexity index is 533. The molecule has 3 rings (SSSR count). The number of aliphatic hydroxyl groups excluding tert-OH is 1. The molecule has 0 aromatic heterocycles. The fraction of sp³-hybridized carbons (Fsp3) is 0.533. The van der Waals surface area contributed by atoms with Crippen molar-refractivity contribution in [2.24, 2.45) is 0 Å². The van der Waals surface area contributed by atoms with Crippen molar-refractivity contribution < 1.29 is 24.1 Å². The largest absolute Gasteiger partial charge is 0.454 e. The van der Waals surface area contributed by atoms with E-state index < -0.39 is 6.10 Å². The highest BCUT2D eigenvalue weighted by atomic mass is 16.7. The molecule has 2 heterocycles. The van der Waals surface area contributed by atoms with Gasteiger partial charge in [0.25, 0.3) is 0 Å². The molecule has 0 bridgehead atoms. The lowest BCUT2D eigenvalue weighted by molar-refractivity contribution is -0.138. The summed E-state index contributed by atoms with van der Waals surface area (Å²) in [5.74, 6) is 1.38. The number of fused-ring (bicyclic) bond motifs is 1. The Morgan fingerprint density at radius 1 is 1.43 bits per heavy atom. The number of benzene rings is 1. The van der Waals surface area contributed by atoms with Crippen molar-refractivity contribution in [1.82, 2.24) is 4.90 Å². The van der Waals surface area contributed by atoms with E-state index in [-0.39, 0.29) is 25.2 Å². The van der Waals surface area contributed by atoms with Gasteiger partial charge in [-0.3, -0.25) is 4.79 Å². The van der Waals surface area contributed by atoms with Crippen molar-refractivity contribution in [2.75, 3.05) is 33.6 Å². The molecule has 21 heavy (non-hydrogen) atoms. The van der Waals surface area contributed by atoms with Gasteiger partial charge in [0.05, 0.1) is 6.10 Å². The Morgan fingerprint density at radius 2 is 2.24 bits per heavy atom. The molecule has 6 heteroatoms. The van der Waals surface area contributed by atoms with Crippen LogP contribution in [0, 0.1) is 0 Å². The summed E-state index contributed by atoms with van der Waals surface area (Å²) < 4.78 is 15.5. The summed E-state index contributed by atoms with van der Waals surface area (Å²) in [5.41, 5.74) is 1.02. The molecule has 1 N–H and O–H groups in total. The molecule has 1 saturated heterocycles. The van der Waals surface area contributed by atoms with E-state index in [0.29, 0.717) is 13.1 Å². The third kappa shape index (κ3) is 2.82. The lowest BCUT2D eigenvalue weighted by atomic mass is 9.87. The van der Waals surface area contributed by atoms with Crippen LogP contribution >= 0.6 is 0 Å². The van der Waals surface area contributed by atoms with Crippen molar-refractivity contribution in [3.05, 3.63) is 23.8 Å². The molecule has 0 saturated carbocycles. The summed E-state index contributed by atoms with van der Waals surface area (Å²) >= 11 is 0. The third-order valence-corrected chi connectivity index (χ3v) is 4.03. The minimum absolute atomic E-state index is 0.00564. The Labute approximate surface area is 123 Å². The van der Waals surface area contributed by atoms with Crippen LogP contribution in [0.15, 0.2) is 18.2 Å². The van der Waals surface area contributed by atoms with Gasteiger partial charge in [-0.25, -0.2) is 0 Å². The molecule has 2 aliphatic rings.